The highest BCUT2D eigenvalue weighted by atomic mass is 16.3. The number of hydrogen-bond donors (Lipinski definition) is 2. The Morgan fingerprint density at radius 3 is 2.59 bits per heavy atom. The van der Waals surface area contributed by atoms with Gasteiger partial charge in [0.15, 0.2) is 5.76 Å². The summed E-state index contributed by atoms with van der Waals surface area (Å²) in [6.45, 7) is 2.10. The van der Waals surface area contributed by atoms with Crippen LogP contribution in [-0.2, 0) is 6.42 Å². The van der Waals surface area contributed by atoms with Crippen molar-refractivity contribution in [2.75, 3.05) is 0 Å². The van der Waals surface area contributed by atoms with Gasteiger partial charge in [0.2, 0.25) is 5.88 Å². The van der Waals surface area contributed by atoms with Crippen LogP contribution >= 0.6 is 0 Å². The van der Waals surface area contributed by atoms with Gasteiger partial charge in [-0.3, -0.25) is 4.99 Å². The Bertz CT molecular complexity index is 589. The van der Waals surface area contributed by atoms with Crippen LogP contribution < -0.4 is 0 Å². The monoisotopic (exact) mass is 300 g/mol. The van der Waals surface area contributed by atoms with E-state index < -0.39 is 0 Å². The van der Waals surface area contributed by atoms with Crippen molar-refractivity contribution in [2.24, 2.45) is 4.99 Å². The predicted octanol–water partition coefficient (Wildman–Crippen LogP) is 3.87. The van der Waals surface area contributed by atoms with Crippen LogP contribution in [0.25, 0.3) is 0 Å². The van der Waals surface area contributed by atoms with Gasteiger partial charge in [0, 0.05) is 12.5 Å². The first-order chi connectivity index (χ1) is 10.7. The van der Waals surface area contributed by atoms with Crippen molar-refractivity contribution >= 4 is 6.21 Å². The standard InChI is InChI=1S/C18H24N2O2/c1-13-7-5-6-8-14(13)11-17-19-12-16(21)18(22)20(17)15-9-3-2-4-10-15/h5-8,12,15,17,21-22H,2-4,9-11H2,1H3. The number of aliphatic imine (C=N–C) groups is 1. The smallest absolute Gasteiger partial charge is 0.234 e. The molecule has 0 amide bonds. The SMILES string of the molecule is Cc1ccccc1CC1N=CC(O)=C(O)N1C1CCCCC1. The summed E-state index contributed by atoms with van der Waals surface area (Å²) in [7, 11) is 0. The van der Waals surface area contributed by atoms with E-state index in [9.17, 15) is 10.2 Å². The Morgan fingerprint density at radius 2 is 1.86 bits per heavy atom. The van der Waals surface area contributed by atoms with E-state index in [0.29, 0.717) is 0 Å². The molecular weight excluding hydrogens is 276 g/mol. The molecule has 0 bridgehead atoms. The molecule has 0 radical (unpaired) electrons. The Morgan fingerprint density at radius 1 is 1.14 bits per heavy atom. The number of benzene rings is 1. The van der Waals surface area contributed by atoms with Crippen LogP contribution in [0, 0.1) is 6.92 Å². The van der Waals surface area contributed by atoms with Crippen LogP contribution in [-0.4, -0.2) is 33.5 Å². The number of rotatable bonds is 3. The molecule has 1 aliphatic carbocycles. The quantitative estimate of drug-likeness (QED) is 0.891. The zero-order valence-corrected chi connectivity index (χ0v) is 13.1. The minimum absolute atomic E-state index is 0.0134. The van der Waals surface area contributed by atoms with Gasteiger partial charge >= 0.3 is 0 Å². The first kappa shape index (κ1) is 14.9. The van der Waals surface area contributed by atoms with Crippen molar-refractivity contribution in [3.63, 3.8) is 0 Å². The zero-order valence-electron chi connectivity index (χ0n) is 13.1. The fourth-order valence-electron chi connectivity index (χ4n) is 3.52. The lowest BCUT2D eigenvalue weighted by atomic mass is 9.92. The van der Waals surface area contributed by atoms with Crippen LogP contribution in [0.2, 0.25) is 0 Å². The largest absolute Gasteiger partial charge is 0.502 e. The molecule has 0 spiro atoms. The normalized spacial score (nSPS) is 23.1. The van der Waals surface area contributed by atoms with Gasteiger partial charge in [-0.05, 0) is 30.9 Å². The van der Waals surface area contributed by atoms with Crippen molar-refractivity contribution in [2.45, 2.75) is 57.7 Å². The van der Waals surface area contributed by atoms with E-state index in [2.05, 4.69) is 24.0 Å². The third kappa shape index (κ3) is 2.96. The minimum Gasteiger partial charge on any atom is -0.502 e. The summed E-state index contributed by atoms with van der Waals surface area (Å²) in [6, 6.07) is 8.54. The molecule has 118 valence electrons. The van der Waals surface area contributed by atoms with Crippen LogP contribution in [0.4, 0.5) is 0 Å². The summed E-state index contributed by atoms with van der Waals surface area (Å²) in [4.78, 5) is 6.42. The molecule has 0 aromatic heterocycles. The molecule has 0 saturated heterocycles. The number of aliphatic hydroxyl groups excluding tert-OH is 2. The fourth-order valence-corrected chi connectivity index (χ4v) is 3.52. The van der Waals surface area contributed by atoms with Crippen LogP contribution in [0.3, 0.4) is 0 Å². The van der Waals surface area contributed by atoms with E-state index in [4.69, 9.17) is 0 Å². The van der Waals surface area contributed by atoms with Crippen molar-refractivity contribution < 1.29 is 10.2 Å². The maximum atomic E-state index is 10.4. The second-order valence-corrected chi connectivity index (χ2v) is 6.30. The van der Waals surface area contributed by atoms with Gasteiger partial charge < -0.3 is 15.1 Å². The van der Waals surface area contributed by atoms with Gasteiger partial charge in [0.1, 0.15) is 6.17 Å². The van der Waals surface area contributed by atoms with Gasteiger partial charge in [-0.1, -0.05) is 43.5 Å². The van der Waals surface area contributed by atoms with Crippen LogP contribution in [0.15, 0.2) is 40.9 Å². The highest BCUT2D eigenvalue weighted by Gasteiger charge is 2.33. The molecule has 4 heteroatoms. The molecule has 1 aromatic rings. The first-order valence-corrected chi connectivity index (χ1v) is 8.15. The number of nitrogens with zero attached hydrogens (tertiary/aromatic N) is 2. The molecule has 1 unspecified atom stereocenters. The summed E-state index contributed by atoms with van der Waals surface area (Å²) in [5.41, 5.74) is 2.47. The lowest BCUT2D eigenvalue weighted by molar-refractivity contribution is 0.0702. The molecule has 1 fully saturated rings. The molecule has 1 atom stereocenters. The van der Waals surface area contributed by atoms with Crippen molar-refractivity contribution in [3.05, 3.63) is 47.0 Å². The van der Waals surface area contributed by atoms with Crippen LogP contribution in [0.5, 0.6) is 0 Å². The number of allylic oxidation sites excluding steroid dienone is 1. The summed E-state index contributed by atoms with van der Waals surface area (Å²) in [6.07, 6.45) is 7.71. The molecule has 2 N–H and O–H groups in total. The van der Waals surface area contributed by atoms with Gasteiger partial charge in [-0.2, -0.15) is 0 Å². The Kier molecular flexibility index (Phi) is 4.36. The molecule has 1 aromatic carbocycles. The van der Waals surface area contributed by atoms with Gasteiger partial charge in [0.25, 0.3) is 0 Å². The molecular formula is C18H24N2O2. The minimum atomic E-state index is -0.139. The van der Waals surface area contributed by atoms with Crippen molar-refractivity contribution in [1.82, 2.24) is 4.90 Å². The fraction of sp³-hybridized carbons (Fsp3) is 0.500. The number of aryl methyl sites for hydroxylation is 1. The van der Waals surface area contributed by atoms with Crippen molar-refractivity contribution in [1.29, 1.82) is 0 Å². The first-order valence-electron chi connectivity index (χ1n) is 8.15. The highest BCUT2D eigenvalue weighted by Crippen LogP contribution is 2.30. The Balaban J connectivity index is 1.85. The molecule has 4 nitrogen and oxygen atoms in total. The third-order valence-corrected chi connectivity index (χ3v) is 4.80. The van der Waals surface area contributed by atoms with Crippen LogP contribution in [0.1, 0.15) is 43.2 Å². The van der Waals surface area contributed by atoms with Crippen molar-refractivity contribution in [3.8, 4) is 0 Å². The summed E-state index contributed by atoms with van der Waals surface area (Å²) in [5.74, 6) is -0.132. The molecule has 1 saturated carbocycles. The highest BCUT2D eigenvalue weighted by molar-refractivity contribution is 5.76. The average Bonchev–Trinajstić information content (AvgIpc) is 2.54. The Hall–Kier alpha value is -1.97. The number of aliphatic hydroxyl groups is 2. The molecule has 1 heterocycles. The summed E-state index contributed by atoms with van der Waals surface area (Å²) < 4.78 is 0. The molecule has 22 heavy (non-hydrogen) atoms. The van der Waals surface area contributed by atoms with E-state index in [1.807, 2.05) is 17.0 Å². The Labute approximate surface area is 131 Å². The predicted molar refractivity (Wildman–Crippen MR) is 88.2 cm³/mol. The lowest BCUT2D eigenvalue weighted by Crippen LogP contribution is -2.46. The van der Waals surface area contributed by atoms with Gasteiger partial charge in [0.05, 0.1) is 6.21 Å². The maximum absolute atomic E-state index is 10.4. The van der Waals surface area contributed by atoms with E-state index in [1.165, 1.54) is 36.6 Å². The van der Waals surface area contributed by atoms with E-state index in [1.54, 1.807) is 0 Å². The van der Waals surface area contributed by atoms with E-state index in [-0.39, 0.29) is 23.8 Å². The summed E-state index contributed by atoms with van der Waals surface area (Å²) >= 11 is 0. The summed E-state index contributed by atoms with van der Waals surface area (Å²) in [5, 5.41) is 20.2. The second kappa shape index (κ2) is 6.42. The second-order valence-electron chi connectivity index (χ2n) is 6.30. The molecule has 2 aliphatic rings. The molecule has 3 rings (SSSR count). The van der Waals surface area contributed by atoms with Gasteiger partial charge in [-0.15, -0.1) is 0 Å². The molecule has 1 aliphatic heterocycles. The maximum Gasteiger partial charge on any atom is 0.234 e. The zero-order chi connectivity index (χ0) is 15.5. The topological polar surface area (TPSA) is 56.1 Å². The average molecular weight is 300 g/mol. The lowest BCUT2D eigenvalue weighted by Gasteiger charge is -2.40. The number of hydrogen-bond acceptors (Lipinski definition) is 4. The third-order valence-electron chi connectivity index (χ3n) is 4.80. The van der Waals surface area contributed by atoms with Gasteiger partial charge in [-0.25, -0.2) is 0 Å². The van der Waals surface area contributed by atoms with E-state index in [0.717, 1.165) is 19.3 Å². The van der Waals surface area contributed by atoms with E-state index >= 15 is 0 Å².